The number of hydrogen-bond donors (Lipinski definition) is 2. The van der Waals surface area contributed by atoms with Crippen molar-refractivity contribution < 1.29 is 4.74 Å². The monoisotopic (exact) mass is 461 g/mol. The Hall–Kier alpha value is -1.86. The highest BCUT2D eigenvalue weighted by Crippen LogP contribution is 2.40. The quantitative estimate of drug-likeness (QED) is 0.481. The minimum atomic E-state index is 0.531. The van der Waals surface area contributed by atoms with Crippen LogP contribution in [0.5, 0.6) is 0 Å². The predicted molar refractivity (Wildman–Crippen MR) is 128 cm³/mol. The fraction of sp³-hybridized carbons (Fsp3) is 0.478. The number of aryl methyl sites for hydroxylation is 3. The summed E-state index contributed by atoms with van der Waals surface area (Å²) in [6, 6.07) is 6.50. The number of halogens is 2. The van der Waals surface area contributed by atoms with Crippen LogP contribution in [-0.2, 0) is 11.2 Å². The third-order valence-electron chi connectivity index (χ3n) is 5.74. The first kappa shape index (κ1) is 22.3. The van der Waals surface area contributed by atoms with E-state index in [1.807, 2.05) is 36.6 Å². The molecule has 3 aromatic rings. The molecular formula is C23H29Cl2N5O. The van der Waals surface area contributed by atoms with E-state index in [4.69, 9.17) is 38.0 Å². The van der Waals surface area contributed by atoms with E-state index in [0.29, 0.717) is 16.1 Å². The Morgan fingerprint density at radius 1 is 1.06 bits per heavy atom. The van der Waals surface area contributed by atoms with Gasteiger partial charge in [-0.05, 0) is 50.8 Å². The molecule has 0 amide bonds. The van der Waals surface area contributed by atoms with Crippen LogP contribution in [0.1, 0.15) is 36.7 Å². The van der Waals surface area contributed by atoms with Crippen LogP contribution < -0.4 is 10.6 Å². The summed E-state index contributed by atoms with van der Waals surface area (Å²) in [7, 11) is 0. The highest BCUT2D eigenvalue weighted by molar-refractivity contribution is 6.39. The van der Waals surface area contributed by atoms with Crippen molar-refractivity contribution in [1.82, 2.24) is 19.9 Å². The Kier molecular flexibility index (Phi) is 7.02. The smallest absolute Gasteiger partial charge is 0.165 e. The first-order chi connectivity index (χ1) is 15.0. The van der Waals surface area contributed by atoms with Crippen molar-refractivity contribution in [2.45, 2.75) is 46.1 Å². The van der Waals surface area contributed by atoms with Crippen molar-refractivity contribution in [3.63, 3.8) is 0 Å². The lowest BCUT2D eigenvalue weighted by atomic mass is 10.0. The highest BCUT2D eigenvalue weighted by Gasteiger charge is 2.21. The van der Waals surface area contributed by atoms with Crippen molar-refractivity contribution in [2.24, 2.45) is 0 Å². The van der Waals surface area contributed by atoms with E-state index >= 15 is 0 Å². The Labute approximate surface area is 193 Å². The molecule has 3 heterocycles. The van der Waals surface area contributed by atoms with Gasteiger partial charge in [0.05, 0.1) is 21.3 Å². The standard InChI is InChI=1S/C23H29Cl2N5O/c1-4-16-12-18(24)22(19(25)13-16)21-15(3)29-30-20(11-14(2)28-23(21)30)27-8-7-26-17-5-9-31-10-6-17/h11-13,17,26-27H,4-10H2,1-3H3. The summed E-state index contributed by atoms with van der Waals surface area (Å²) < 4.78 is 7.28. The normalized spacial score (nSPS) is 15.0. The minimum absolute atomic E-state index is 0.531. The van der Waals surface area contributed by atoms with Gasteiger partial charge in [-0.3, -0.25) is 0 Å². The summed E-state index contributed by atoms with van der Waals surface area (Å²) in [5.41, 5.74) is 5.28. The maximum Gasteiger partial charge on any atom is 0.165 e. The molecule has 8 heteroatoms. The molecule has 0 radical (unpaired) electrons. The van der Waals surface area contributed by atoms with Crippen molar-refractivity contribution in [1.29, 1.82) is 0 Å². The summed E-state index contributed by atoms with van der Waals surface area (Å²) in [5, 5.41) is 13.1. The second kappa shape index (κ2) is 9.74. The van der Waals surface area contributed by atoms with Gasteiger partial charge in [0.1, 0.15) is 5.82 Å². The molecule has 0 unspecified atom stereocenters. The van der Waals surface area contributed by atoms with Crippen LogP contribution in [0.15, 0.2) is 18.2 Å². The molecule has 2 aromatic heterocycles. The van der Waals surface area contributed by atoms with Crippen LogP contribution in [0.2, 0.25) is 10.0 Å². The van der Waals surface area contributed by atoms with Crippen LogP contribution in [0, 0.1) is 13.8 Å². The average Bonchev–Trinajstić information content (AvgIpc) is 3.07. The summed E-state index contributed by atoms with van der Waals surface area (Å²) in [4.78, 5) is 4.77. The van der Waals surface area contributed by atoms with Gasteiger partial charge in [0, 0.05) is 49.7 Å². The Balaban J connectivity index is 1.61. The Bertz CT molecular complexity index is 1050. The zero-order valence-electron chi connectivity index (χ0n) is 18.3. The lowest BCUT2D eigenvalue weighted by Gasteiger charge is -2.23. The SMILES string of the molecule is CCc1cc(Cl)c(-c2c(C)nn3c(NCCNC4CCOCC4)cc(C)nc23)c(Cl)c1. The summed E-state index contributed by atoms with van der Waals surface area (Å²) in [6.45, 7) is 9.39. The van der Waals surface area contributed by atoms with Crippen LogP contribution in [0.3, 0.4) is 0 Å². The van der Waals surface area contributed by atoms with E-state index in [0.717, 1.165) is 85.1 Å². The van der Waals surface area contributed by atoms with Gasteiger partial charge in [-0.2, -0.15) is 9.61 Å². The summed E-state index contributed by atoms with van der Waals surface area (Å²) in [6.07, 6.45) is 3.01. The molecule has 1 aliphatic rings. The molecule has 31 heavy (non-hydrogen) atoms. The number of nitrogens with zero attached hydrogens (tertiary/aromatic N) is 3. The Morgan fingerprint density at radius 3 is 2.45 bits per heavy atom. The molecule has 2 N–H and O–H groups in total. The fourth-order valence-corrected chi connectivity index (χ4v) is 4.82. The number of nitrogens with one attached hydrogen (secondary N) is 2. The molecule has 0 bridgehead atoms. The van der Waals surface area contributed by atoms with Gasteiger partial charge in [0.25, 0.3) is 0 Å². The second-order valence-electron chi connectivity index (χ2n) is 8.03. The number of rotatable bonds is 7. The molecule has 4 rings (SSSR count). The van der Waals surface area contributed by atoms with E-state index in [2.05, 4.69) is 17.6 Å². The van der Waals surface area contributed by atoms with E-state index < -0.39 is 0 Å². The molecule has 1 aliphatic heterocycles. The predicted octanol–water partition coefficient (Wildman–Crippen LogP) is 5.06. The van der Waals surface area contributed by atoms with Gasteiger partial charge < -0.3 is 15.4 Å². The topological polar surface area (TPSA) is 63.5 Å². The van der Waals surface area contributed by atoms with Gasteiger partial charge >= 0.3 is 0 Å². The number of hydrogen-bond acceptors (Lipinski definition) is 5. The van der Waals surface area contributed by atoms with Gasteiger partial charge in [-0.1, -0.05) is 30.1 Å². The van der Waals surface area contributed by atoms with Gasteiger partial charge in [0.15, 0.2) is 5.65 Å². The van der Waals surface area contributed by atoms with Crippen molar-refractivity contribution >= 4 is 34.7 Å². The van der Waals surface area contributed by atoms with Gasteiger partial charge in [-0.25, -0.2) is 4.98 Å². The number of aromatic nitrogens is 3. The maximum atomic E-state index is 6.65. The first-order valence-electron chi connectivity index (χ1n) is 10.9. The minimum Gasteiger partial charge on any atom is -0.381 e. The van der Waals surface area contributed by atoms with Crippen LogP contribution >= 0.6 is 23.2 Å². The lowest BCUT2D eigenvalue weighted by Crippen LogP contribution is -2.37. The molecule has 1 saturated heterocycles. The summed E-state index contributed by atoms with van der Waals surface area (Å²) in [5.74, 6) is 0.906. The maximum absolute atomic E-state index is 6.65. The van der Waals surface area contributed by atoms with E-state index in [1.54, 1.807) is 0 Å². The zero-order valence-corrected chi connectivity index (χ0v) is 19.8. The largest absolute Gasteiger partial charge is 0.381 e. The number of anilines is 1. The number of benzene rings is 1. The van der Waals surface area contributed by atoms with Gasteiger partial charge in [0.2, 0.25) is 0 Å². The number of fused-ring (bicyclic) bond motifs is 1. The number of ether oxygens (including phenoxy) is 1. The molecule has 0 atom stereocenters. The first-order valence-corrected chi connectivity index (χ1v) is 11.6. The molecule has 0 spiro atoms. The summed E-state index contributed by atoms with van der Waals surface area (Å²) >= 11 is 13.3. The Morgan fingerprint density at radius 2 is 1.77 bits per heavy atom. The van der Waals surface area contributed by atoms with Crippen LogP contribution in [-0.4, -0.2) is 46.9 Å². The zero-order chi connectivity index (χ0) is 22.0. The molecule has 6 nitrogen and oxygen atoms in total. The molecule has 1 fully saturated rings. The lowest BCUT2D eigenvalue weighted by molar-refractivity contribution is 0.0784. The van der Waals surface area contributed by atoms with E-state index in [9.17, 15) is 0 Å². The fourth-order valence-electron chi connectivity index (χ4n) is 4.10. The van der Waals surface area contributed by atoms with Crippen molar-refractivity contribution in [2.75, 3.05) is 31.6 Å². The molecule has 0 saturated carbocycles. The van der Waals surface area contributed by atoms with E-state index in [1.165, 1.54) is 0 Å². The van der Waals surface area contributed by atoms with Crippen LogP contribution in [0.25, 0.3) is 16.8 Å². The molecule has 166 valence electrons. The van der Waals surface area contributed by atoms with Crippen molar-refractivity contribution in [3.8, 4) is 11.1 Å². The highest BCUT2D eigenvalue weighted by atomic mass is 35.5. The van der Waals surface area contributed by atoms with Crippen LogP contribution in [0.4, 0.5) is 5.82 Å². The van der Waals surface area contributed by atoms with Crippen molar-refractivity contribution in [3.05, 3.63) is 45.2 Å². The molecular weight excluding hydrogens is 433 g/mol. The third-order valence-corrected chi connectivity index (χ3v) is 6.33. The molecule has 1 aromatic carbocycles. The second-order valence-corrected chi connectivity index (χ2v) is 8.85. The average molecular weight is 462 g/mol. The third kappa shape index (κ3) is 4.82. The van der Waals surface area contributed by atoms with E-state index in [-0.39, 0.29) is 0 Å². The molecule has 0 aliphatic carbocycles. The van der Waals surface area contributed by atoms with Gasteiger partial charge in [-0.15, -0.1) is 0 Å².